The molecule has 4 aromatic rings. The van der Waals surface area contributed by atoms with Crippen LogP contribution in [0.3, 0.4) is 0 Å². The maximum atomic E-state index is 13.6. The van der Waals surface area contributed by atoms with Crippen molar-refractivity contribution in [2.75, 3.05) is 5.73 Å². The van der Waals surface area contributed by atoms with Crippen LogP contribution in [0, 0.1) is 5.82 Å². The van der Waals surface area contributed by atoms with E-state index in [0.717, 1.165) is 11.6 Å². The molecule has 0 aliphatic carbocycles. The highest BCUT2D eigenvalue weighted by Crippen LogP contribution is 2.27. The lowest BCUT2D eigenvalue weighted by Crippen LogP contribution is -1.97. The average molecular weight is 269 g/mol. The van der Waals surface area contributed by atoms with E-state index in [1.807, 2.05) is 0 Å². The molecule has 4 aromatic heterocycles. The predicted molar refractivity (Wildman–Crippen MR) is 71.1 cm³/mol. The van der Waals surface area contributed by atoms with Gasteiger partial charge in [-0.1, -0.05) is 0 Å². The van der Waals surface area contributed by atoms with Crippen molar-refractivity contribution in [1.29, 1.82) is 0 Å². The van der Waals surface area contributed by atoms with Crippen LogP contribution >= 0.6 is 0 Å². The van der Waals surface area contributed by atoms with Crippen molar-refractivity contribution in [2.45, 2.75) is 0 Å². The molecule has 7 nitrogen and oxygen atoms in total. The number of nitrogen functional groups attached to an aromatic ring is 1. The van der Waals surface area contributed by atoms with Crippen molar-refractivity contribution in [1.82, 2.24) is 30.1 Å². The van der Waals surface area contributed by atoms with Gasteiger partial charge in [-0.05, 0) is 6.07 Å². The minimum Gasteiger partial charge on any atom is -0.383 e. The van der Waals surface area contributed by atoms with Crippen molar-refractivity contribution in [3.8, 4) is 11.5 Å². The molecule has 4 heterocycles. The van der Waals surface area contributed by atoms with Crippen molar-refractivity contribution < 1.29 is 4.39 Å². The van der Waals surface area contributed by atoms with Crippen LogP contribution < -0.4 is 5.73 Å². The van der Waals surface area contributed by atoms with Gasteiger partial charge in [0.05, 0.1) is 17.0 Å². The van der Waals surface area contributed by atoms with Crippen LogP contribution in [0.5, 0.6) is 0 Å². The number of halogens is 1. The normalized spacial score (nSPS) is 11.4. The van der Waals surface area contributed by atoms with Gasteiger partial charge in [0.1, 0.15) is 22.7 Å². The number of fused-ring (bicyclic) bond motifs is 2. The van der Waals surface area contributed by atoms with Gasteiger partial charge in [-0.3, -0.25) is 10.1 Å². The summed E-state index contributed by atoms with van der Waals surface area (Å²) in [7, 11) is 0. The molecule has 0 amide bonds. The second kappa shape index (κ2) is 3.73. The van der Waals surface area contributed by atoms with Gasteiger partial charge in [0.2, 0.25) is 0 Å². The zero-order valence-electron chi connectivity index (χ0n) is 10.1. The summed E-state index contributed by atoms with van der Waals surface area (Å²) in [5, 5.41) is 7.90. The number of rotatable bonds is 1. The van der Waals surface area contributed by atoms with E-state index in [4.69, 9.17) is 5.73 Å². The Hall–Kier alpha value is -3.03. The van der Waals surface area contributed by atoms with E-state index in [1.54, 1.807) is 12.3 Å². The van der Waals surface area contributed by atoms with E-state index >= 15 is 0 Å². The molecular weight excluding hydrogens is 261 g/mol. The van der Waals surface area contributed by atoms with Gasteiger partial charge >= 0.3 is 0 Å². The highest BCUT2D eigenvalue weighted by molar-refractivity contribution is 5.93. The van der Waals surface area contributed by atoms with Gasteiger partial charge in [-0.2, -0.15) is 5.10 Å². The number of aromatic nitrogens is 6. The molecule has 0 aromatic carbocycles. The van der Waals surface area contributed by atoms with E-state index in [1.165, 1.54) is 6.20 Å². The molecule has 20 heavy (non-hydrogen) atoms. The third kappa shape index (κ3) is 1.38. The van der Waals surface area contributed by atoms with Crippen LogP contribution in [0.4, 0.5) is 10.2 Å². The van der Waals surface area contributed by atoms with Gasteiger partial charge in [-0.25, -0.2) is 14.4 Å². The third-order valence-electron chi connectivity index (χ3n) is 3.09. The van der Waals surface area contributed by atoms with Crippen LogP contribution in [-0.2, 0) is 0 Å². The summed E-state index contributed by atoms with van der Waals surface area (Å²) in [6.07, 6.45) is 4.35. The minimum atomic E-state index is -0.501. The Labute approximate surface area is 111 Å². The number of nitrogens with one attached hydrogen (secondary N) is 2. The van der Waals surface area contributed by atoms with Crippen LogP contribution in [0.2, 0.25) is 0 Å². The Morgan fingerprint density at radius 2 is 2.05 bits per heavy atom. The summed E-state index contributed by atoms with van der Waals surface area (Å²) in [5.74, 6) is 0.185. The Morgan fingerprint density at radius 3 is 2.95 bits per heavy atom. The summed E-state index contributed by atoms with van der Waals surface area (Å²) in [5.41, 5.74) is 7.18. The van der Waals surface area contributed by atoms with Gasteiger partial charge in [0.15, 0.2) is 11.6 Å². The lowest BCUT2D eigenvalue weighted by molar-refractivity contribution is 0.630. The average Bonchev–Trinajstić information content (AvgIpc) is 3.05. The summed E-state index contributed by atoms with van der Waals surface area (Å²) < 4.78 is 13.6. The van der Waals surface area contributed by atoms with E-state index in [9.17, 15) is 4.39 Å². The molecule has 0 aliphatic heterocycles. The number of nitrogens with zero attached hydrogens (tertiary/aromatic N) is 4. The lowest BCUT2D eigenvalue weighted by atomic mass is 10.2. The van der Waals surface area contributed by atoms with Crippen LogP contribution in [-0.4, -0.2) is 30.1 Å². The molecule has 8 heteroatoms. The van der Waals surface area contributed by atoms with Crippen molar-refractivity contribution in [3.63, 3.8) is 0 Å². The van der Waals surface area contributed by atoms with Gasteiger partial charge < -0.3 is 10.7 Å². The highest BCUT2D eigenvalue weighted by Gasteiger charge is 2.15. The summed E-state index contributed by atoms with van der Waals surface area (Å²) in [6.45, 7) is 0. The summed E-state index contributed by atoms with van der Waals surface area (Å²) in [6, 6.07) is 1.79. The SMILES string of the molecule is Nc1nc(-c2[nH]nc3c(F)cncc23)nc2[nH]ccc12. The molecule has 0 atom stereocenters. The molecule has 4 rings (SSSR count). The number of pyridine rings is 1. The molecule has 0 aliphatic rings. The zero-order chi connectivity index (χ0) is 13.7. The Bertz CT molecular complexity index is 939. The third-order valence-corrected chi connectivity index (χ3v) is 3.09. The number of hydrogen-bond acceptors (Lipinski definition) is 5. The largest absolute Gasteiger partial charge is 0.383 e. The Morgan fingerprint density at radius 1 is 1.15 bits per heavy atom. The monoisotopic (exact) mass is 269 g/mol. The number of hydrogen-bond donors (Lipinski definition) is 3. The first-order valence-corrected chi connectivity index (χ1v) is 5.82. The minimum absolute atomic E-state index is 0.198. The van der Waals surface area contributed by atoms with E-state index in [0.29, 0.717) is 28.4 Å². The second-order valence-corrected chi connectivity index (χ2v) is 4.29. The Balaban J connectivity index is 2.03. The number of H-pyrrole nitrogens is 2. The standard InChI is InChI=1S/C12H8FN7/c13-7-4-15-3-6-8(7)19-20-9(6)12-17-10(14)5-1-2-16-11(5)18-12/h1-4H,(H,19,20)(H3,14,16,17,18). The number of aromatic amines is 2. The van der Waals surface area contributed by atoms with Crippen molar-refractivity contribution in [3.05, 3.63) is 30.5 Å². The molecule has 0 saturated carbocycles. The van der Waals surface area contributed by atoms with Crippen LogP contribution in [0.15, 0.2) is 24.7 Å². The second-order valence-electron chi connectivity index (χ2n) is 4.29. The molecule has 0 saturated heterocycles. The molecule has 0 fully saturated rings. The summed E-state index contributed by atoms with van der Waals surface area (Å²) >= 11 is 0. The Kier molecular flexibility index (Phi) is 2.02. The molecule has 0 spiro atoms. The fourth-order valence-corrected chi connectivity index (χ4v) is 2.14. The van der Waals surface area contributed by atoms with E-state index in [-0.39, 0.29) is 5.52 Å². The van der Waals surface area contributed by atoms with Crippen LogP contribution in [0.1, 0.15) is 0 Å². The molecular formula is C12H8FN7. The number of anilines is 1. The quantitative estimate of drug-likeness (QED) is 0.486. The maximum Gasteiger partial charge on any atom is 0.182 e. The first kappa shape index (κ1) is 10.9. The molecule has 0 radical (unpaired) electrons. The fraction of sp³-hybridized carbons (Fsp3) is 0. The van der Waals surface area contributed by atoms with Crippen molar-refractivity contribution >= 4 is 27.8 Å². The summed E-state index contributed by atoms with van der Waals surface area (Å²) in [4.78, 5) is 15.4. The molecule has 0 unspecified atom stereocenters. The van der Waals surface area contributed by atoms with Gasteiger partial charge in [0, 0.05) is 12.4 Å². The van der Waals surface area contributed by atoms with E-state index < -0.39 is 5.82 Å². The topological polar surface area (TPSA) is 109 Å². The zero-order valence-corrected chi connectivity index (χ0v) is 10.1. The fourth-order valence-electron chi connectivity index (χ4n) is 2.14. The maximum absolute atomic E-state index is 13.6. The van der Waals surface area contributed by atoms with Crippen LogP contribution in [0.25, 0.3) is 33.5 Å². The first-order chi connectivity index (χ1) is 9.74. The van der Waals surface area contributed by atoms with E-state index in [2.05, 4.69) is 30.1 Å². The molecule has 4 N–H and O–H groups in total. The highest BCUT2D eigenvalue weighted by atomic mass is 19.1. The molecule has 98 valence electrons. The van der Waals surface area contributed by atoms with Crippen molar-refractivity contribution in [2.24, 2.45) is 0 Å². The first-order valence-electron chi connectivity index (χ1n) is 5.82. The lowest BCUT2D eigenvalue weighted by Gasteiger charge is -2.00. The predicted octanol–water partition coefficient (Wildman–Crippen LogP) is 1.62. The number of nitrogens with two attached hydrogens (primary N) is 1. The smallest absolute Gasteiger partial charge is 0.182 e. The van der Waals surface area contributed by atoms with Gasteiger partial charge in [0.25, 0.3) is 0 Å². The molecule has 0 bridgehead atoms. The van der Waals surface area contributed by atoms with Gasteiger partial charge in [-0.15, -0.1) is 0 Å².